The molecule has 0 aromatic rings. The average Bonchev–Trinajstić information content (AvgIpc) is 2.04. The van der Waals surface area contributed by atoms with Gasteiger partial charge in [0, 0.05) is 12.8 Å². The maximum Gasteiger partial charge on any atom is 0.342 e. The molecule has 0 aliphatic heterocycles. The first-order valence-corrected chi connectivity index (χ1v) is 3.28. The molecule has 0 atom stereocenters. The van der Waals surface area contributed by atoms with Gasteiger partial charge in [-0.15, -0.1) is 0 Å². The fourth-order valence-electron chi connectivity index (χ4n) is 0.557. The summed E-state index contributed by atoms with van der Waals surface area (Å²) in [4.78, 5) is 32.4. The van der Waals surface area contributed by atoms with Gasteiger partial charge in [0.05, 0.1) is 7.11 Å². The van der Waals surface area contributed by atoms with Crippen molar-refractivity contribution in [3.63, 3.8) is 0 Å². The second kappa shape index (κ2) is 6.56. The fraction of sp³-hybridized carbons (Fsp3) is 0.667. The summed E-state index contributed by atoms with van der Waals surface area (Å²) in [6.45, 7) is 0. The van der Waals surface area contributed by atoms with E-state index in [1.165, 1.54) is 7.11 Å². The molecule has 0 aromatic heterocycles. The van der Waals surface area contributed by atoms with Crippen molar-refractivity contribution in [1.82, 2.24) is 0 Å². The van der Waals surface area contributed by atoms with Crippen molar-refractivity contribution in [2.45, 2.75) is 19.3 Å². The highest BCUT2D eigenvalue weighted by Gasteiger charge is 2.06. The lowest BCUT2D eigenvalue weighted by molar-refractivity contribution is -0.255. The van der Waals surface area contributed by atoms with E-state index in [4.69, 9.17) is 5.26 Å². The first-order valence-electron chi connectivity index (χ1n) is 3.28. The van der Waals surface area contributed by atoms with Gasteiger partial charge in [0.15, 0.2) is 0 Å². The van der Waals surface area contributed by atoms with Gasteiger partial charge in [-0.05, 0) is 6.42 Å². The molecule has 12 heavy (non-hydrogen) atoms. The largest absolute Gasteiger partial charge is 0.342 e. The molecule has 0 spiro atoms. The fourth-order valence-corrected chi connectivity index (χ4v) is 0.557. The van der Waals surface area contributed by atoms with Crippen LogP contribution >= 0.6 is 0 Å². The number of hydrogen-bond donors (Lipinski definition) is 1. The summed E-state index contributed by atoms with van der Waals surface area (Å²) in [5, 5.41) is 7.81. The SMILES string of the molecule is COOC(=O)CCCC(=O)OO. The van der Waals surface area contributed by atoms with Crippen LogP contribution in [0.15, 0.2) is 0 Å². The van der Waals surface area contributed by atoms with E-state index in [2.05, 4.69) is 14.7 Å². The Balaban J connectivity index is 3.30. The molecule has 0 bridgehead atoms. The van der Waals surface area contributed by atoms with Crippen LogP contribution in [0, 0.1) is 0 Å². The smallest absolute Gasteiger partial charge is 0.301 e. The lowest BCUT2D eigenvalue weighted by Gasteiger charge is -1.97. The normalized spacial score (nSPS) is 9.17. The third-order valence-electron chi connectivity index (χ3n) is 1.04. The Hall–Kier alpha value is -1.14. The Morgan fingerprint density at radius 3 is 2.33 bits per heavy atom. The Bertz CT molecular complexity index is 154. The minimum absolute atomic E-state index is 0.0324. The summed E-state index contributed by atoms with van der Waals surface area (Å²) in [6, 6.07) is 0. The zero-order valence-electron chi connectivity index (χ0n) is 6.61. The zero-order chi connectivity index (χ0) is 9.40. The third kappa shape index (κ3) is 5.63. The Morgan fingerprint density at radius 2 is 1.83 bits per heavy atom. The van der Waals surface area contributed by atoms with Crippen LogP contribution in [0.3, 0.4) is 0 Å². The Labute approximate surface area is 68.9 Å². The molecule has 0 heterocycles. The van der Waals surface area contributed by atoms with Gasteiger partial charge in [-0.3, -0.25) is 4.89 Å². The molecule has 0 unspecified atom stereocenters. The van der Waals surface area contributed by atoms with Gasteiger partial charge in [-0.25, -0.2) is 9.59 Å². The van der Waals surface area contributed by atoms with Crippen LogP contribution in [0.5, 0.6) is 0 Å². The third-order valence-corrected chi connectivity index (χ3v) is 1.04. The zero-order valence-corrected chi connectivity index (χ0v) is 6.61. The topological polar surface area (TPSA) is 82.1 Å². The van der Waals surface area contributed by atoms with Crippen molar-refractivity contribution in [3.8, 4) is 0 Å². The molecule has 0 aromatic carbocycles. The molecule has 6 heteroatoms. The van der Waals surface area contributed by atoms with Crippen LogP contribution < -0.4 is 0 Å². The summed E-state index contributed by atoms with van der Waals surface area (Å²) >= 11 is 0. The number of rotatable bonds is 5. The van der Waals surface area contributed by atoms with Crippen molar-refractivity contribution < 1.29 is 29.5 Å². The van der Waals surface area contributed by atoms with E-state index >= 15 is 0 Å². The van der Waals surface area contributed by atoms with E-state index in [-0.39, 0.29) is 19.3 Å². The minimum atomic E-state index is -0.778. The molecule has 0 aliphatic rings. The first-order chi connectivity index (χ1) is 5.70. The van der Waals surface area contributed by atoms with Gasteiger partial charge in [-0.2, -0.15) is 10.1 Å². The molecular formula is C6H10O6. The maximum absolute atomic E-state index is 10.6. The molecule has 0 fully saturated rings. The molecule has 70 valence electrons. The first kappa shape index (κ1) is 10.9. The summed E-state index contributed by atoms with van der Waals surface area (Å²) in [5.74, 6) is -1.34. The number of hydrogen-bond acceptors (Lipinski definition) is 6. The van der Waals surface area contributed by atoms with E-state index in [0.717, 1.165) is 0 Å². The quantitative estimate of drug-likeness (QED) is 0.481. The van der Waals surface area contributed by atoms with E-state index in [1.807, 2.05) is 0 Å². The van der Waals surface area contributed by atoms with Crippen molar-refractivity contribution in [2.75, 3.05) is 7.11 Å². The highest BCUT2D eigenvalue weighted by atomic mass is 17.2. The molecule has 0 radical (unpaired) electrons. The predicted molar refractivity (Wildman–Crippen MR) is 35.7 cm³/mol. The molecular weight excluding hydrogens is 168 g/mol. The van der Waals surface area contributed by atoms with Crippen molar-refractivity contribution in [1.29, 1.82) is 0 Å². The van der Waals surface area contributed by atoms with Gasteiger partial charge < -0.3 is 4.89 Å². The van der Waals surface area contributed by atoms with Crippen molar-refractivity contribution in [2.24, 2.45) is 0 Å². The van der Waals surface area contributed by atoms with Crippen LogP contribution in [0.1, 0.15) is 19.3 Å². The van der Waals surface area contributed by atoms with E-state index in [0.29, 0.717) is 0 Å². The second-order valence-corrected chi connectivity index (χ2v) is 1.94. The van der Waals surface area contributed by atoms with Gasteiger partial charge in [-0.1, -0.05) is 0 Å². The standard InChI is InChI=1S/C6H10O6/c1-10-12-6(8)4-2-3-5(7)11-9/h9H,2-4H2,1H3. The summed E-state index contributed by atoms with van der Waals surface area (Å²) in [7, 11) is 1.21. The number of carbonyl (C=O) groups excluding carboxylic acids is 2. The average molecular weight is 178 g/mol. The molecule has 0 saturated heterocycles. The highest BCUT2D eigenvalue weighted by Crippen LogP contribution is 1.98. The van der Waals surface area contributed by atoms with Gasteiger partial charge in [0.1, 0.15) is 0 Å². The summed E-state index contributed by atoms with van der Waals surface area (Å²) < 4.78 is 0. The van der Waals surface area contributed by atoms with E-state index < -0.39 is 11.9 Å². The Morgan fingerprint density at radius 1 is 1.25 bits per heavy atom. The van der Waals surface area contributed by atoms with Crippen LogP contribution in [-0.2, 0) is 24.3 Å². The van der Waals surface area contributed by atoms with Gasteiger partial charge in [0.25, 0.3) is 0 Å². The summed E-state index contributed by atoms with van der Waals surface area (Å²) in [6.07, 6.45) is 0.264. The number of carbonyl (C=O) groups is 2. The molecule has 6 nitrogen and oxygen atoms in total. The van der Waals surface area contributed by atoms with Gasteiger partial charge >= 0.3 is 11.9 Å². The molecule has 1 N–H and O–H groups in total. The monoisotopic (exact) mass is 178 g/mol. The summed E-state index contributed by atoms with van der Waals surface area (Å²) in [5.41, 5.74) is 0. The van der Waals surface area contributed by atoms with E-state index in [1.54, 1.807) is 0 Å². The van der Waals surface area contributed by atoms with E-state index in [9.17, 15) is 9.59 Å². The van der Waals surface area contributed by atoms with Crippen molar-refractivity contribution in [3.05, 3.63) is 0 Å². The molecule has 0 aliphatic carbocycles. The van der Waals surface area contributed by atoms with Crippen molar-refractivity contribution >= 4 is 11.9 Å². The molecule has 0 rings (SSSR count). The molecule has 0 saturated carbocycles. The molecule has 0 amide bonds. The van der Waals surface area contributed by atoms with Crippen LogP contribution in [-0.4, -0.2) is 24.3 Å². The van der Waals surface area contributed by atoms with Crippen LogP contribution in [0.4, 0.5) is 0 Å². The lowest BCUT2D eigenvalue weighted by atomic mass is 10.2. The lowest BCUT2D eigenvalue weighted by Crippen LogP contribution is -2.06. The minimum Gasteiger partial charge on any atom is -0.301 e. The van der Waals surface area contributed by atoms with Gasteiger partial charge in [0.2, 0.25) is 0 Å². The highest BCUT2D eigenvalue weighted by molar-refractivity contribution is 5.71. The van der Waals surface area contributed by atoms with Crippen LogP contribution in [0.2, 0.25) is 0 Å². The predicted octanol–water partition coefficient (Wildman–Crippen LogP) is 0.278. The Kier molecular flexibility index (Phi) is 5.94. The maximum atomic E-state index is 10.6. The second-order valence-electron chi connectivity index (χ2n) is 1.94. The van der Waals surface area contributed by atoms with Crippen LogP contribution in [0.25, 0.3) is 0 Å².